The van der Waals surface area contributed by atoms with Crippen LogP contribution in [0.25, 0.3) is 22.3 Å². The molecule has 1 saturated heterocycles. The highest BCUT2D eigenvalue weighted by Crippen LogP contribution is 2.43. The van der Waals surface area contributed by atoms with Gasteiger partial charge in [-0.3, -0.25) is 9.59 Å². The first-order valence-electron chi connectivity index (χ1n) is 11.5. The normalized spacial score (nSPS) is 16.5. The number of ketones is 1. The van der Waals surface area contributed by atoms with Crippen molar-refractivity contribution in [3.8, 4) is 23.0 Å². The topological polar surface area (TPSA) is 127 Å². The third-order valence-electron chi connectivity index (χ3n) is 6.85. The Labute approximate surface area is 194 Å². The lowest BCUT2D eigenvalue weighted by Gasteiger charge is -2.18. The fraction of sp³-hybridized carbons (Fsp3) is 0.417. The second kappa shape index (κ2) is 8.15. The van der Waals surface area contributed by atoms with E-state index in [1.165, 1.54) is 12.8 Å². The summed E-state index contributed by atoms with van der Waals surface area (Å²) < 4.78 is 12.4. The summed E-state index contributed by atoms with van der Waals surface area (Å²) in [6, 6.07) is 3.19. The maximum absolute atomic E-state index is 13.7. The Morgan fingerprint density at radius 3 is 2.59 bits per heavy atom. The summed E-state index contributed by atoms with van der Waals surface area (Å²) in [6.07, 6.45) is 3.10. The second-order valence-electron chi connectivity index (χ2n) is 8.81. The van der Waals surface area contributed by atoms with Crippen molar-refractivity contribution in [3.05, 3.63) is 44.9 Å². The van der Waals surface area contributed by atoms with Crippen LogP contribution in [-0.2, 0) is 19.8 Å². The van der Waals surface area contributed by atoms with Crippen molar-refractivity contribution in [1.82, 2.24) is 19.4 Å². The molecule has 3 aromatic rings. The van der Waals surface area contributed by atoms with Gasteiger partial charge in [0.15, 0.2) is 11.5 Å². The van der Waals surface area contributed by atoms with E-state index in [4.69, 9.17) is 9.47 Å². The lowest BCUT2D eigenvalue weighted by Crippen LogP contribution is -2.27. The molecule has 0 aromatic carbocycles. The zero-order valence-electron chi connectivity index (χ0n) is 18.5. The fourth-order valence-electron chi connectivity index (χ4n) is 5.18. The van der Waals surface area contributed by atoms with Gasteiger partial charge >= 0.3 is 0 Å². The van der Waals surface area contributed by atoms with Crippen LogP contribution in [0.3, 0.4) is 0 Å². The van der Waals surface area contributed by atoms with Crippen LogP contribution in [0.5, 0.6) is 11.6 Å². The van der Waals surface area contributed by atoms with Gasteiger partial charge < -0.3 is 29.2 Å². The van der Waals surface area contributed by atoms with Gasteiger partial charge in [0.25, 0.3) is 11.4 Å². The Morgan fingerprint density at radius 1 is 1.00 bits per heavy atom. The van der Waals surface area contributed by atoms with Gasteiger partial charge in [-0.15, -0.1) is 0 Å². The van der Waals surface area contributed by atoms with Crippen LogP contribution in [-0.4, -0.2) is 61.9 Å². The standard InChI is InChI=1S/C24H24N4O6/c29-10-13-8-14-18-21(19-15(22(18)31)9-17-23(26-19)34-12-33-17)28(7-3-6-27-4-1-2-5-27)24(32)20(14)25-16(13)11-30/h8-9,29-30H,1-7,10-12H2. The number of hydrogen-bond acceptors (Lipinski definition) is 9. The first-order valence-corrected chi connectivity index (χ1v) is 11.5. The van der Waals surface area contributed by atoms with E-state index in [-0.39, 0.29) is 36.0 Å². The predicted octanol–water partition coefficient (Wildman–Crippen LogP) is 1.20. The molecule has 10 nitrogen and oxygen atoms in total. The summed E-state index contributed by atoms with van der Waals surface area (Å²) in [6.45, 7) is 2.60. The molecule has 0 spiro atoms. The van der Waals surface area contributed by atoms with Crippen LogP contribution in [0.2, 0.25) is 0 Å². The lowest BCUT2D eigenvalue weighted by molar-refractivity contribution is 0.104. The molecule has 2 aliphatic heterocycles. The summed E-state index contributed by atoms with van der Waals surface area (Å²) in [5.74, 6) is 0.403. The maximum Gasteiger partial charge on any atom is 0.277 e. The summed E-state index contributed by atoms with van der Waals surface area (Å²) in [5, 5.41) is 19.9. The third kappa shape index (κ3) is 3.13. The van der Waals surface area contributed by atoms with Crippen LogP contribution in [0.15, 0.2) is 16.9 Å². The van der Waals surface area contributed by atoms with E-state index >= 15 is 0 Å². The van der Waals surface area contributed by atoms with Gasteiger partial charge in [0.05, 0.1) is 35.7 Å². The van der Waals surface area contributed by atoms with Crippen LogP contribution in [0.4, 0.5) is 0 Å². The number of fused-ring (bicyclic) bond motifs is 6. The summed E-state index contributed by atoms with van der Waals surface area (Å²) >= 11 is 0. The smallest absolute Gasteiger partial charge is 0.277 e. The minimum Gasteiger partial charge on any atom is -0.452 e. The summed E-state index contributed by atoms with van der Waals surface area (Å²) in [7, 11) is 0. The molecule has 2 N–H and O–H groups in total. The highest BCUT2D eigenvalue weighted by atomic mass is 16.7. The molecule has 0 bridgehead atoms. The number of ether oxygens (including phenoxy) is 2. The van der Waals surface area contributed by atoms with E-state index in [0.29, 0.717) is 51.6 Å². The third-order valence-corrected chi connectivity index (χ3v) is 6.85. The van der Waals surface area contributed by atoms with Gasteiger partial charge in [-0.25, -0.2) is 9.97 Å². The van der Waals surface area contributed by atoms with Crippen LogP contribution >= 0.6 is 0 Å². The average molecular weight is 464 g/mol. The number of carbonyl (C=O) groups excluding carboxylic acids is 1. The van der Waals surface area contributed by atoms with Gasteiger partial charge in [-0.2, -0.15) is 0 Å². The molecule has 5 heterocycles. The Bertz CT molecular complexity index is 1390. The fourth-order valence-corrected chi connectivity index (χ4v) is 5.18. The van der Waals surface area contributed by atoms with Crippen molar-refractivity contribution in [2.45, 2.75) is 39.0 Å². The molecule has 3 aliphatic rings. The van der Waals surface area contributed by atoms with Gasteiger partial charge in [-0.05, 0) is 51.0 Å². The monoisotopic (exact) mass is 464 g/mol. The van der Waals surface area contributed by atoms with Gasteiger partial charge in [-0.1, -0.05) is 0 Å². The largest absolute Gasteiger partial charge is 0.452 e. The minimum atomic E-state index is -0.422. The minimum absolute atomic E-state index is 0.0281. The molecule has 176 valence electrons. The number of rotatable bonds is 6. The predicted molar refractivity (Wildman–Crippen MR) is 121 cm³/mol. The molecule has 1 aliphatic carbocycles. The summed E-state index contributed by atoms with van der Waals surface area (Å²) in [5.41, 5.74) is 1.84. The Hall–Kier alpha value is -3.34. The first-order chi connectivity index (χ1) is 16.6. The number of aromatic nitrogens is 3. The molecule has 6 rings (SSSR count). The Balaban J connectivity index is 1.56. The van der Waals surface area contributed by atoms with Crippen LogP contribution in [0, 0.1) is 0 Å². The van der Waals surface area contributed by atoms with Crippen molar-refractivity contribution >= 4 is 16.7 Å². The number of aliphatic hydroxyl groups excluding tert-OH is 2. The number of pyridine rings is 3. The van der Waals surface area contributed by atoms with Crippen LogP contribution in [0.1, 0.15) is 46.4 Å². The Kier molecular flexibility index (Phi) is 5.09. The highest BCUT2D eigenvalue weighted by molar-refractivity contribution is 6.26. The van der Waals surface area contributed by atoms with Crippen molar-refractivity contribution in [1.29, 1.82) is 0 Å². The maximum atomic E-state index is 13.7. The molecular weight excluding hydrogens is 440 g/mol. The van der Waals surface area contributed by atoms with Crippen molar-refractivity contribution in [2.75, 3.05) is 26.4 Å². The highest BCUT2D eigenvalue weighted by Gasteiger charge is 2.37. The molecule has 3 aromatic heterocycles. The van der Waals surface area contributed by atoms with Crippen molar-refractivity contribution in [3.63, 3.8) is 0 Å². The van der Waals surface area contributed by atoms with E-state index in [0.717, 1.165) is 26.1 Å². The molecule has 10 heteroatoms. The van der Waals surface area contributed by atoms with Gasteiger partial charge in [0, 0.05) is 17.5 Å². The van der Waals surface area contributed by atoms with Crippen LogP contribution < -0.4 is 15.0 Å². The molecular formula is C24H24N4O6. The molecule has 0 atom stereocenters. The van der Waals surface area contributed by atoms with E-state index in [1.54, 1.807) is 16.7 Å². The zero-order chi connectivity index (χ0) is 23.4. The van der Waals surface area contributed by atoms with E-state index in [9.17, 15) is 19.8 Å². The number of hydrogen-bond donors (Lipinski definition) is 2. The van der Waals surface area contributed by atoms with Crippen molar-refractivity contribution < 1.29 is 24.5 Å². The van der Waals surface area contributed by atoms with Gasteiger partial charge in [0.2, 0.25) is 6.79 Å². The SMILES string of the molecule is O=C1c2cc3c(nc2-c2c1c1cc(CO)c(CO)nc1c(=O)n2CCCN1CCCC1)OCO3. The second-order valence-corrected chi connectivity index (χ2v) is 8.81. The first kappa shape index (κ1) is 21.2. The average Bonchev–Trinajstić information content (AvgIpc) is 3.59. The molecule has 0 saturated carbocycles. The molecule has 0 unspecified atom stereocenters. The Morgan fingerprint density at radius 2 is 1.82 bits per heavy atom. The number of carbonyl (C=O) groups is 1. The van der Waals surface area contributed by atoms with Crippen molar-refractivity contribution in [2.24, 2.45) is 0 Å². The molecule has 34 heavy (non-hydrogen) atoms. The summed E-state index contributed by atoms with van der Waals surface area (Å²) in [4.78, 5) is 38.6. The number of likely N-dealkylation sites (tertiary alicyclic amines) is 1. The van der Waals surface area contributed by atoms with Gasteiger partial charge in [0.1, 0.15) is 11.2 Å². The van der Waals surface area contributed by atoms with E-state index < -0.39 is 6.61 Å². The molecule has 1 fully saturated rings. The molecule has 0 radical (unpaired) electrons. The quantitative estimate of drug-likeness (QED) is 0.433. The van der Waals surface area contributed by atoms with E-state index in [2.05, 4.69) is 14.9 Å². The molecule has 0 amide bonds. The lowest BCUT2D eigenvalue weighted by atomic mass is 10.0. The number of aliphatic hydroxyl groups is 2. The van der Waals surface area contributed by atoms with E-state index in [1.807, 2.05) is 0 Å². The number of nitrogens with zero attached hydrogens (tertiary/aromatic N) is 4. The zero-order valence-corrected chi connectivity index (χ0v) is 18.5.